The minimum atomic E-state index is 0.405. The zero-order valence-corrected chi connectivity index (χ0v) is 23.0. The third-order valence-electron chi connectivity index (χ3n) is 10.1. The fraction of sp³-hybridized carbons (Fsp3) is 1.00. The Balaban J connectivity index is 1.39. The molecular formula is C29H55N3O. The number of likely N-dealkylation sites (tertiary alicyclic amines) is 3. The maximum absolute atomic E-state index is 5.70. The predicted molar refractivity (Wildman–Crippen MR) is 140 cm³/mol. The Morgan fingerprint density at radius 3 is 2.03 bits per heavy atom. The molecule has 0 aromatic rings. The number of nitrogens with zero attached hydrogens (tertiary/aromatic N) is 3. The molecule has 0 aromatic carbocycles. The molecule has 0 saturated carbocycles. The Bertz CT molecular complexity index is 600. The third kappa shape index (κ3) is 6.74. The van der Waals surface area contributed by atoms with Gasteiger partial charge in [-0.25, -0.2) is 0 Å². The number of hydrogen-bond acceptors (Lipinski definition) is 4. The molecule has 0 N–H and O–H groups in total. The van der Waals surface area contributed by atoms with E-state index in [0.29, 0.717) is 10.8 Å². The molecule has 3 unspecified atom stereocenters. The van der Waals surface area contributed by atoms with Gasteiger partial charge in [0.1, 0.15) is 0 Å². The molecule has 192 valence electrons. The van der Waals surface area contributed by atoms with Gasteiger partial charge in [-0.2, -0.15) is 0 Å². The molecule has 4 aliphatic rings. The Labute approximate surface area is 205 Å². The molecule has 33 heavy (non-hydrogen) atoms. The summed E-state index contributed by atoms with van der Waals surface area (Å²) >= 11 is 0. The van der Waals surface area contributed by atoms with Crippen LogP contribution in [0.15, 0.2) is 0 Å². The third-order valence-corrected chi connectivity index (χ3v) is 10.1. The highest BCUT2D eigenvalue weighted by Crippen LogP contribution is 2.45. The predicted octanol–water partition coefficient (Wildman–Crippen LogP) is 5.37. The molecule has 4 nitrogen and oxygen atoms in total. The average molecular weight is 462 g/mol. The minimum Gasteiger partial charge on any atom is -0.381 e. The standard InChI is InChI=1S/C29H55N3O/c1-28(2,3)25-18-23(20-32(22-25)27-11-16-33-17-12-27)19-29(4,5)24-8-7-13-31(21-24)26-9-14-30(6)15-10-26/h23-27H,7-22H2,1-6H3. The van der Waals surface area contributed by atoms with Crippen molar-refractivity contribution in [3.63, 3.8) is 0 Å². The lowest BCUT2D eigenvalue weighted by atomic mass is 9.65. The van der Waals surface area contributed by atoms with Crippen LogP contribution in [0.2, 0.25) is 0 Å². The summed E-state index contributed by atoms with van der Waals surface area (Å²) in [5.41, 5.74) is 0.845. The van der Waals surface area contributed by atoms with Crippen LogP contribution in [0.5, 0.6) is 0 Å². The van der Waals surface area contributed by atoms with E-state index in [1.54, 1.807) is 0 Å². The molecule has 4 heterocycles. The lowest BCUT2D eigenvalue weighted by Gasteiger charge is -2.50. The Hall–Kier alpha value is -0.160. The first kappa shape index (κ1) is 25.9. The summed E-state index contributed by atoms with van der Waals surface area (Å²) in [5.74, 6) is 2.52. The van der Waals surface area contributed by atoms with Crippen LogP contribution in [-0.2, 0) is 4.74 Å². The molecule has 4 fully saturated rings. The quantitative estimate of drug-likeness (QED) is 0.548. The van der Waals surface area contributed by atoms with E-state index in [1.165, 1.54) is 90.6 Å². The lowest BCUT2D eigenvalue weighted by Crippen LogP contribution is -2.52. The van der Waals surface area contributed by atoms with Crippen LogP contribution in [0.3, 0.4) is 0 Å². The van der Waals surface area contributed by atoms with Gasteiger partial charge >= 0.3 is 0 Å². The Morgan fingerprint density at radius 2 is 1.36 bits per heavy atom. The maximum atomic E-state index is 5.70. The minimum absolute atomic E-state index is 0.405. The maximum Gasteiger partial charge on any atom is 0.0480 e. The van der Waals surface area contributed by atoms with E-state index < -0.39 is 0 Å². The van der Waals surface area contributed by atoms with Crippen molar-refractivity contribution in [3.8, 4) is 0 Å². The van der Waals surface area contributed by atoms with Crippen LogP contribution < -0.4 is 0 Å². The van der Waals surface area contributed by atoms with Crippen molar-refractivity contribution in [1.82, 2.24) is 14.7 Å². The van der Waals surface area contributed by atoms with Crippen molar-refractivity contribution in [2.75, 3.05) is 59.5 Å². The summed E-state index contributed by atoms with van der Waals surface area (Å²) < 4.78 is 5.70. The zero-order chi connectivity index (χ0) is 23.6. The number of ether oxygens (including phenoxy) is 1. The average Bonchev–Trinajstić information content (AvgIpc) is 2.79. The first-order chi connectivity index (χ1) is 15.6. The Kier molecular flexibility index (Phi) is 8.52. The van der Waals surface area contributed by atoms with Gasteiger partial charge in [-0.15, -0.1) is 0 Å². The zero-order valence-electron chi connectivity index (χ0n) is 23.0. The van der Waals surface area contributed by atoms with Crippen molar-refractivity contribution in [3.05, 3.63) is 0 Å². The second kappa shape index (κ2) is 10.8. The summed E-state index contributed by atoms with van der Waals surface area (Å²) in [6, 6.07) is 1.59. The normalized spacial score (nSPS) is 33.5. The van der Waals surface area contributed by atoms with Crippen LogP contribution in [0, 0.1) is 28.6 Å². The Morgan fingerprint density at radius 1 is 0.727 bits per heavy atom. The molecule has 0 amide bonds. The molecule has 4 rings (SSSR count). The molecule has 0 radical (unpaired) electrons. The first-order valence-corrected chi connectivity index (χ1v) is 14.4. The fourth-order valence-corrected chi connectivity index (χ4v) is 7.61. The molecule has 4 saturated heterocycles. The van der Waals surface area contributed by atoms with Crippen LogP contribution in [0.4, 0.5) is 0 Å². The molecule has 4 heteroatoms. The van der Waals surface area contributed by atoms with E-state index in [9.17, 15) is 0 Å². The van der Waals surface area contributed by atoms with Crippen molar-refractivity contribution in [1.29, 1.82) is 0 Å². The van der Waals surface area contributed by atoms with Crippen molar-refractivity contribution in [2.45, 2.75) is 98.1 Å². The van der Waals surface area contributed by atoms with E-state index >= 15 is 0 Å². The first-order valence-electron chi connectivity index (χ1n) is 14.4. The van der Waals surface area contributed by atoms with Gasteiger partial charge in [0.25, 0.3) is 0 Å². The van der Waals surface area contributed by atoms with E-state index in [1.807, 2.05) is 0 Å². The largest absolute Gasteiger partial charge is 0.381 e. The molecule has 0 aromatic heterocycles. The van der Waals surface area contributed by atoms with E-state index in [0.717, 1.165) is 43.1 Å². The SMILES string of the molecule is CN1CCC(N2CCCC(C(C)(C)CC3CC(C(C)(C)C)CN(C4CCOCC4)C3)C2)CC1. The van der Waals surface area contributed by atoms with Crippen LogP contribution in [0.25, 0.3) is 0 Å². The molecule has 0 bridgehead atoms. The molecular weight excluding hydrogens is 406 g/mol. The van der Waals surface area contributed by atoms with Gasteiger partial charge in [-0.1, -0.05) is 34.6 Å². The van der Waals surface area contributed by atoms with Crippen LogP contribution >= 0.6 is 0 Å². The van der Waals surface area contributed by atoms with Gasteiger partial charge in [0, 0.05) is 44.9 Å². The summed E-state index contributed by atoms with van der Waals surface area (Å²) in [4.78, 5) is 8.31. The second-order valence-corrected chi connectivity index (χ2v) is 14.0. The van der Waals surface area contributed by atoms with Crippen molar-refractivity contribution in [2.24, 2.45) is 28.6 Å². The highest BCUT2D eigenvalue weighted by molar-refractivity contribution is 4.94. The van der Waals surface area contributed by atoms with E-state index in [2.05, 4.69) is 56.4 Å². The summed E-state index contributed by atoms with van der Waals surface area (Å²) in [5, 5.41) is 0. The topological polar surface area (TPSA) is 19.0 Å². The molecule has 4 aliphatic heterocycles. The summed E-state index contributed by atoms with van der Waals surface area (Å²) in [6.45, 7) is 22.5. The van der Waals surface area contributed by atoms with Crippen LogP contribution in [0.1, 0.15) is 86.0 Å². The highest BCUT2D eigenvalue weighted by Gasteiger charge is 2.42. The van der Waals surface area contributed by atoms with Gasteiger partial charge in [0.2, 0.25) is 0 Å². The molecule has 0 spiro atoms. The van der Waals surface area contributed by atoms with Gasteiger partial charge in [-0.05, 0) is 107 Å². The van der Waals surface area contributed by atoms with Gasteiger partial charge in [-0.3, -0.25) is 9.80 Å². The summed E-state index contributed by atoms with van der Waals surface area (Å²) in [6.07, 6.45) is 10.9. The van der Waals surface area contributed by atoms with E-state index in [4.69, 9.17) is 4.74 Å². The lowest BCUT2D eigenvalue weighted by molar-refractivity contribution is -0.0295. The van der Waals surface area contributed by atoms with Crippen LogP contribution in [-0.4, -0.2) is 86.3 Å². The van der Waals surface area contributed by atoms with Gasteiger partial charge in [0.15, 0.2) is 0 Å². The van der Waals surface area contributed by atoms with Gasteiger partial charge < -0.3 is 9.64 Å². The number of piperidine rings is 3. The highest BCUT2D eigenvalue weighted by atomic mass is 16.5. The monoisotopic (exact) mass is 461 g/mol. The van der Waals surface area contributed by atoms with Crippen molar-refractivity contribution < 1.29 is 4.74 Å². The fourth-order valence-electron chi connectivity index (χ4n) is 7.61. The van der Waals surface area contributed by atoms with Crippen molar-refractivity contribution >= 4 is 0 Å². The smallest absolute Gasteiger partial charge is 0.0480 e. The number of rotatable bonds is 5. The number of hydrogen-bond donors (Lipinski definition) is 0. The molecule has 3 atom stereocenters. The second-order valence-electron chi connectivity index (χ2n) is 14.0. The van der Waals surface area contributed by atoms with E-state index in [-0.39, 0.29) is 0 Å². The molecule has 0 aliphatic carbocycles. The van der Waals surface area contributed by atoms with Gasteiger partial charge in [0.05, 0.1) is 0 Å². The summed E-state index contributed by atoms with van der Waals surface area (Å²) in [7, 11) is 2.29.